The Morgan fingerprint density at radius 1 is 1.62 bits per heavy atom. The Hall–Kier alpha value is -1.33. The molecule has 1 aromatic heterocycles. The number of ether oxygens (including phenoxy) is 1. The minimum atomic E-state index is -0.486. The summed E-state index contributed by atoms with van der Waals surface area (Å²) in [7, 11) is 1.31. The molecule has 1 unspecified atom stereocenters. The van der Waals surface area contributed by atoms with Crippen LogP contribution in [0.4, 0.5) is 0 Å². The van der Waals surface area contributed by atoms with E-state index >= 15 is 0 Å². The average molecular weight is 227 g/mol. The zero-order chi connectivity index (χ0) is 12.0. The van der Waals surface area contributed by atoms with Gasteiger partial charge in [-0.25, -0.2) is 4.79 Å². The number of aliphatic hydroxyl groups excluding tert-OH is 1. The van der Waals surface area contributed by atoms with Crippen molar-refractivity contribution in [1.29, 1.82) is 0 Å². The number of esters is 1. The van der Waals surface area contributed by atoms with Gasteiger partial charge in [-0.2, -0.15) is 0 Å². The third kappa shape index (κ3) is 3.36. The normalized spacial score (nSPS) is 12.4. The fourth-order valence-electron chi connectivity index (χ4n) is 1.27. The van der Waals surface area contributed by atoms with Gasteiger partial charge in [0.15, 0.2) is 0 Å². The predicted molar refractivity (Wildman–Crippen MR) is 58.1 cm³/mol. The van der Waals surface area contributed by atoms with Crippen molar-refractivity contribution in [2.45, 2.75) is 25.9 Å². The monoisotopic (exact) mass is 227 g/mol. The molecule has 0 saturated heterocycles. The Balaban J connectivity index is 2.49. The molecule has 2 N–H and O–H groups in total. The Morgan fingerprint density at radius 2 is 2.38 bits per heavy atom. The van der Waals surface area contributed by atoms with Gasteiger partial charge in [-0.1, -0.05) is 6.92 Å². The molecule has 0 aliphatic rings. The van der Waals surface area contributed by atoms with Crippen LogP contribution in [0.5, 0.6) is 0 Å². The first-order valence-electron chi connectivity index (χ1n) is 5.22. The van der Waals surface area contributed by atoms with E-state index in [1.165, 1.54) is 7.11 Å². The lowest BCUT2D eigenvalue weighted by Crippen LogP contribution is -2.30. The third-order valence-corrected chi connectivity index (χ3v) is 2.33. The first kappa shape index (κ1) is 12.7. The summed E-state index contributed by atoms with van der Waals surface area (Å²) in [4.78, 5) is 11.1. The summed E-state index contributed by atoms with van der Waals surface area (Å²) in [5.41, 5.74) is 0. The predicted octanol–water partition coefficient (Wildman–Crippen LogP) is 0.927. The van der Waals surface area contributed by atoms with Crippen molar-refractivity contribution in [2.24, 2.45) is 0 Å². The quantitative estimate of drug-likeness (QED) is 0.707. The lowest BCUT2D eigenvalue weighted by atomic mass is 10.2. The van der Waals surface area contributed by atoms with Gasteiger partial charge in [0.1, 0.15) is 5.76 Å². The summed E-state index contributed by atoms with van der Waals surface area (Å²) in [6, 6.07) is 3.33. The molecule has 1 atom stereocenters. The Kier molecular flexibility index (Phi) is 5.01. The SMILES string of the molecule is CCC(CO)NCc1ccc(C(=O)OC)o1. The van der Waals surface area contributed by atoms with E-state index in [4.69, 9.17) is 9.52 Å². The smallest absolute Gasteiger partial charge is 0.373 e. The average Bonchev–Trinajstić information content (AvgIpc) is 2.78. The fraction of sp³-hybridized carbons (Fsp3) is 0.545. The molecule has 1 rings (SSSR count). The summed E-state index contributed by atoms with van der Waals surface area (Å²) in [5, 5.41) is 12.1. The van der Waals surface area contributed by atoms with Gasteiger partial charge in [0, 0.05) is 6.04 Å². The lowest BCUT2D eigenvalue weighted by molar-refractivity contribution is 0.0562. The molecule has 1 aromatic rings. The van der Waals surface area contributed by atoms with Crippen LogP contribution < -0.4 is 5.32 Å². The van der Waals surface area contributed by atoms with Crippen LogP contribution in [0.15, 0.2) is 16.5 Å². The second-order valence-corrected chi connectivity index (χ2v) is 3.43. The van der Waals surface area contributed by atoms with Crippen LogP contribution in [-0.4, -0.2) is 30.8 Å². The van der Waals surface area contributed by atoms with Gasteiger partial charge >= 0.3 is 5.97 Å². The van der Waals surface area contributed by atoms with Crippen LogP contribution in [0.3, 0.4) is 0 Å². The van der Waals surface area contributed by atoms with E-state index in [9.17, 15) is 4.79 Å². The van der Waals surface area contributed by atoms with Gasteiger partial charge in [-0.05, 0) is 18.6 Å². The highest BCUT2D eigenvalue weighted by atomic mass is 16.5. The summed E-state index contributed by atoms with van der Waals surface area (Å²) >= 11 is 0. The highest BCUT2D eigenvalue weighted by Crippen LogP contribution is 2.09. The van der Waals surface area contributed by atoms with Gasteiger partial charge in [0.05, 0.1) is 20.3 Å². The van der Waals surface area contributed by atoms with Crippen molar-refractivity contribution in [2.75, 3.05) is 13.7 Å². The van der Waals surface area contributed by atoms with E-state index in [2.05, 4.69) is 10.1 Å². The molecule has 1 heterocycles. The highest BCUT2D eigenvalue weighted by Gasteiger charge is 2.11. The van der Waals surface area contributed by atoms with Crippen molar-refractivity contribution in [3.8, 4) is 0 Å². The van der Waals surface area contributed by atoms with Crippen LogP contribution in [0.1, 0.15) is 29.7 Å². The number of hydrogen-bond acceptors (Lipinski definition) is 5. The number of hydrogen-bond donors (Lipinski definition) is 2. The van der Waals surface area contributed by atoms with Crippen LogP contribution >= 0.6 is 0 Å². The maximum absolute atomic E-state index is 11.1. The number of methoxy groups -OCH3 is 1. The molecule has 0 bridgehead atoms. The van der Waals surface area contributed by atoms with Crippen molar-refractivity contribution in [1.82, 2.24) is 5.32 Å². The number of carbonyl (C=O) groups is 1. The lowest BCUT2D eigenvalue weighted by Gasteiger charge is -2.12. The first-order valence-corrected chi connectivity index (χ1v) is 5.22. The van der Waals surface area contributed by atoms with Gasteiger partial charge < -0.3 is 19.6 Å². The van der Waals surface area contributed by atoms with Crippen molar-refractivity contribution in [3.63, 3.8) is 0 Å². The molecule has 16 heavy (non-hydrogen) atoms. The molecule has 0 saturated carbocycles. The van der Waals surface area contributed by atoms with E-state index in [1.54, 1.807) is 12.1 Å². The van der Waals surface area contributed by atoms with E-state index < -0.39 is 5.97 Å². The number of nitrogens with one attached hydrogen (secondary N) is 1. The number of aliphatic hydroxyl groups is 1. The largest absolute Gasteiger partial charge is 0.463 e. The summed E-state index contributed by atoms with van der Waals surface area (Å²) in [6.07, 6.45) is 0.834. The standard InChI is InChI=1S/C11H17NO4/c1-3-8(7-13)12-6-9-4-5-10(16-9)11(14)15-2/h4-5,8,12-13H,3,6-7H2,1-2H3. The molecule has 0 amide bonds. The Labute approximate surface area is 94.4 Å². The molecule has 90 valence electrons. The zero-order valence-corrected chi connectivity index (χ0v) is 9.53. The van der Waals surface area contributed by atoms with Crippen LogP contribution in [0.2, 0.25) is 0 Å². The molecular formula is C11H17NO4. The summed E-state index contributed by atoms with van der Waals surface area (Å²) in [5.74, 6) is 0.351. The third-order valence-electron chi connectivity index (χ3n) is 2.33. The first-order chi connectivity index (χ1) is 7.71. The molecule has 5 nitrogen and oxygen atoms in total. The molecule has 5 heteroatoms. The Morgan fingerprint density at radius 3 is 2.94 bits per heavy atom. The second kappa shape index (κ2) is 6.30. The van der Waals surface area contributed by atoms with Crippen molar-refractivity contribution >= 4 is 5.97 Å². The maximum Gasteiger partial charge on any atom is 0.373 e. The van der Waals surface area contributed by atoms with E-state index in [-0.39, 0.29) is 18.4 Å². The van der Waals surface area contributed by atoms with Crippen LogP contribution in [0.25, 0.3) is 0 Å². The Bertz CT molecular complexity index is 330. The summed E-state index contributed by atoms with van der Waals surface area (Å²) < 4.78 is 9.78. The van der Waals surface area contributed by atoms with Crippen molar-refractivity contribution in [3.05, 3.63) is 23.7 Å². The van der Waals surface area contributed by atoms with E-state index in [1.807, 2.05) is 6.92 Å². The zero-order valence-electron chi connectivity index (χ0n) is 9.53. The molecule has 0 aliphatic carbocycles. The van der Waals surface area contributed by atoms with Crippen molar-refractivity contribution < 1.29 is 19.1 Å². The van der Waals surface area contributed by atoms with Gasteiger partial charge in [-0.3, -0.25) is 0 Å². The van der Waals surface area contributed by atoms with Gasteiger partial charge in [-0.15, -0.1) is 0 Å². The minimum absolute atomic E-state index is 0.0478. The minimum Gasteiger partial charge on any atom is -0.463 e. The maximum atomic E-state index is 11.1. The molecule has 0 aliphatic heterocycles. The van der Waals surface area contributed by atoms with Gasteiger partial charge in [0.2, 0.25) is 5.76 Å². The highest BCUT2D eigenvalue weighted by molar-refractivity contribution is 5.86. The van der Waals surface area contributed by atoms with E-state index in [0.717, 1.165) is 6.42 Å². The molecular weight excluding hydrogens is 210 g/mol. The van der Waals surface area contributed by atoms with Crippen LogP contribution in [0, 0.1) is 0 Å². The summed E-state index contributed by atoms with van der Waals surface area (Å²) in [6.45, 7) is 2.55. The molecule has 0 aromatic carbocycles. The molecule has 0 radical (unpaired) electrons. The fourth-order valence-corrected chi connectivity index (χ4v) is 1.27. The van der Waals surface area contributed by atoms with Crippen LogP contribution in [-0.2, 0) is 11.3 Å². The van der Waals surface area contributed by atoms with Gasteiger partial charge in [0.25, 0.3) is 0 Å². The topological polar surface area (TPSA) is 71.7 Å². The number of carbonyl (C=O) groups excluding carboxylic acids is 1. The number of furan rings is 1. The number of rotatable bonds is 6. The van der Waals surface area contributed by atoms with E-state index in [0.29, 0.717) is 12.3 Å². The molecule has 0 spiro atoms. The molecule has 0 fully saturated rings. The second-order valence-electron chi connectivity index (χ2n) is 3.43.